The molecule has 0 saturated heterocycles. The summed E-state index contributed by atoms with van der Waals surface area (Å²) in [6.07, 6.45) is 0.702. The number of esters is 1. The molecule has 0 bridgehead atoms. The molecule has 0 saturated carbocycles. The number of ether oxygens (including phenoxy) is 1. The molecule has 0 aliphatic rings. The maximum Gasteiger partial charge on any atom is 0.333 e. The van der Waals surface area contributed by atoms with Crippen LogP contribution in [0.3, 0.4) is 0 Å². The Balaban J connectivity index is 3.80. The number of carbonyl (C=O) groups is 1. The topological polar surface area (TPSA) is 43.4 Å². The molecule has 0 aromatic rings. The van der Waals surface area contributed by atoms with E-state index in [1.54, 1.807) is 6.92 Å². The first-order valence-corrected chi connectivity index (χ1v) is 11.5. The second-order valence-corrected chi connectivity index (χ2v) is 16.2. The van der Waals surface area contributed by atoms with Crippen LogP contribution in [0, 0.1) is 0 Å². The summed E-state index contributed by atoms with van der Waals surface area (Å²) in [6.45, 7) is 11.9. The predicted molar refractivity (Wildman–Crippen MR) is 69.6 cm³/mol. The molecule has 0 amide bonds. The van der Waals surface area contributed by atoms with Crippen LogP contribution in [0.25, 0.3) is 0 Å². The van der Waals surface area contributed by atoms with Crippen LogP contribution in [0.4, 0.5) is 0 Å². The van der Waals surface area contributed by atoms with Crippen molar-refractivity contribution in [2.75, 3.05) is 6.61 Å². The summed E-state index contributed by atoms with van der Waals surface area (Å²) in [4.78, 5) is 11.1. The molecule has 0 N–H and O–H groups in total. The normalized spacial score (nSPS) is 11.0. The molecule has 16 heavy (non-hydrogen) atoms. The molecule has 0 spiro atoms. The molecule has 92 valence electrons. The lowest BCUT2D eigenvalue weighted by Crippen LogP contribution is -2.38. The molecule has 0 aliphatic heterocycles. The first-order chi connectivity index (χ1) is 7.31. The van der Waals surface area contributed by atoms with Gasteiger partial charge in [0.1, 0.15) is 7.59 Å². The quantitative estimate of drug-likeness (QED) is 0.305. The Labute approximate surface area is 100 Å². The van der Waals surface area contributed by atoms with E-state index in [9.17, 15) is 9.26 Å². The van der Waals surface area contributed by atoms with Gasteiger partial charge in [-0.15, -0.1) is 0 Å². The molecule has 0 fully saturated rings. The highest BCUT2D eigenvalue weighted by Gasteiger charge is 2.29. The third-order valence-electron chi connectivity index (χ3n) is 2.77. The van der Waals surface area contributed by atoms with Crippen molar-refractivity contribution in [2.45, 2.75) is 45.5 Å². The fourth-order valence-electron chi connectivity index (χ4n) is 1.06. The number of hydrogen-bond donors (Lipinski definition) is 0. The van der Waals surface area contributed by atoms with E-state index >= 15 is 0 Å². The summed E-state index contributed by atoms with van der Waals surface area (Å²) >= 11 is 0. The van der Waals surface area contributed by atoms with Gasteiger partial charge in [-0.2, -0.15) is 0 Å². The smallest absolute Gasteiger partial charge is 0.333 e. The van der Waals surface area contributed by atoms with Gasteiger partial charge in [0.15, 0.2) is 0 Å². The number of carbonyl (C=O) groups excluding carboxylic acids is 1. The van der Waals surface area contributed by atoms with Crippen LogP contribution in [-0.2, 0) is 14.0 Å². The predicted octanol–water partition coefficient (Wildman–Crippen LogP) is 2.72. The third kappa shape index (κ3) is 5.51. The maximum absolute atomic E-state index is 12.0. The molecule has 0 aliphatic carbocycles. The molecule has 0 rings (SSSR count). The average Bonchev–Trinajstić information content (AvgIpc) is 2.23. The van der Waals surface area contributed by atoms with E-state index in [1.807, 2.05) is 0 Å². The molecule has 0 heterocycles. The lowest BCUT2D eigenvalue weighted by atomic mass is 10.4. The van der Waals surface area contributed by atoms with Gasteiger partial charge in [0.05, 0.1) is 6.61 Å². The van der Waals surface area contributed by atoms with Gasteiger partial charge in [-0.25, -0.2) is 4.79 Å². The Morgan fingerprint density at radius 2 is 2.00 bits per heavy atom. The van der Waals surface area contributed by atoms with Gasteiger partial charge < -0.3 is 9.20 Å². The van der Waals surface area contributed by atoms with Crippen molar-refractivity contribution >= 4 is 21.8 Å². The van der Waals surface area contributed by atoms with Crippen molar-refractivity contribution in [3.63, 3.8) is 0 Å². The fraction of sp³-hybridized carbons (Fsp3) is 0.727. The zero-order valence-electron chi connectivity index (χ0n) is 10.8. The van der Waals surface area contributed by atoms with Gasteiger partial charge in [-0.3, -0.25) is 0 Å². The van der Waals surface area contributed by atoms with E-state index in [0.29, 0.717) is 24.6 Å². The van der Waals surface area contributed by atoms with Crippen LogP contribution in [0.1, 0.15) is 20.3 Å². The van der Waals surface area contributed by atoms with E-state index in [1.165, 1.54) is 0 Å². The summed E-state index contributed by atoms with van der Waals surface area (Å²) in [5, 5.41) is 0. The van der Waals surface area contributed by atoms with Crippen molar-refractivity contribution in [1.29, 1.82) is 0 Å². The maximum atomic E-state index is 12.0. The van der Waals surface area contributed by atoms with Crippen LogP contribution < -0.4 is 0 Å². The van der Waals surface area contributed by atoms with Gasteiger partial charge in [0.2, 0.25) is 0 Å². The zero-order valence-corrected chi connectivity index (χ0v) is 12.8. The first-order valence-electron chi connectivity index (χ1n) is 5.67. The van der Waals surface area contributed by atoms with Gasteiger partial charge >= 0.3 is 5.97 Å². The minimum atomic E-state index is -1.49. The Morgan fingerprint density at radius 3 is 2.44 bits per heavy atom. The summed E-state index contributed by atoms with van der Waals surface area (Å²) in [7, 11) is -2.95. The lowest BCUT2D eigenvalue weighted by Gasteiger charge is -2.16. The SMILES string of the molecule is C=C(C)C(=O)OCCC[Si](=O)[Si](C)(C)CC. The van der Waals surface area contributed by atoms with Crippen LogP contribution in [-0.4, -0.2) is 28.4 Å². The van der Waals surface area contributed by atoms with E-state index in [2.05, 4.69) is 26.6 Å². The van der Waals surface area contributed by atoms with Gasteiger partial charge in [-0.1, -0.05) is 32.6 Å². The molecule has 0 unspecified atom stereocenters. The molecule has 5 heteroatoms. The average molecular weight is 258 g/mol. The largest absolute Gasteiger partial charge is 0.462 e. The van der Waals surface area contributed by atoms with Crippen molar-refractivity contribution < 1.29 is 14.0 Å². The Bertz CT molecular complexity index is 285. The molecule has 3 nitrogen and oxygen atoms in total. The second kappa shape index (κ2) is 6.90. The zero-order chi connectivity index (χ0) is 12.8. The van der Waals surface area contributed by atoms with Crippen LogP contribution in [0.2, 0.25) is 25.2 Å². The lowest BCUT2D eigenvalue weighted by molar-refractivity contribution is -0.138. The highest BCUT2D eigenvalue weighted by molar-refractivity contribution is 7.26. The molecular weight excluding hydrogens is 236 g/mol. The van der Waals surface area contributed by atoms with Crippen molar-refractivity contribution in [1.82, 2.24) is 0 Å². The summed E-state index contributed by atoms with van der Waals surface area (Å²) in [6, 6.07) is 1.76. The van der Waals surface area contributed by atoms with Gasteiger partial charge in [0.25, 0.3) is 8.20 Å². The van der Waals surface area contributed by atoms with E-state index in [4.69, 9.17) is 4.74 Å². The second-order valence-electron chi connectivity index (χ2n) is 4.68. The highest BCUT2D eigenvalue weighted by Crippen LogP contribution is 2.12. The first kappa shape index (κ1) is 15.4. The van der Waals surface area contributed by atoms with Crippen LogP contribution in [0.5, 0.6) is 0 Å². The molecule has 0 aromatic heterocycles. The van der Waals surface area contributed by atoms with E-state index < -0.39 is 15.8 Å². The summed E-state index contributed by atoms with van der Waals surface area (Å²) in [5.41, 5.74) is 0.413. The van der Waals surface area contributed by atoms with Gasteiger partial charge in [-0.05, 0) is 19.4 Å². The van der Waals surface area contributed by atoms with Crippen LogP contribution >= 0.6 is 0 Å². The Kier molecular flexibility index (Phi) is 6.66. The van der Waals surface area contributed by atoms with Crippen LogP contribution in [0.15, 0.2) is 12.2 Å². The Hall–Kier alpha value is -0.556. The van der Waals surface area contributed by atoms with Crippen molar-refractivity contribution in [3.05, 3.63) is 12.2 Å². The fourth-order valence-corrected chi connectivity index (χ4v) is 6.34. The van der Waals surface area contributed by atoms with E-state index in [0.717, 1.165) is 6.04 Å². The van der Waals surface area contributed by atoms with Crippen molar-refractivity contribution in [2.24, 2.45) is 0 Å². The van der Waals surface area contributed by atoms with Gasteiger partial charge in [0, 0.05) is 5.57 Å². The monoisotopic (exact) mass is 258 g/mol. The highest BCUT2D eigenvalue weighted by atomic mass is 29.2. The molecular formula is C11H22O3Si2. The third-order valence-corrected chi connectivity index (χ3v) is 13.2. The summed E-state index contributed by atoms with van der Waals surface area (Å²) in [5.74, 6) is -0.355. The Morgan fingerprint density at radius 1 is 1.44 bits per heavy atom. The van der Waals surface area contributed by atoms with Crippen molar-refractivity contribution in [3.8, 4) is 0 Å². The molecule has 0 aromatic carbocycles. The summed E-state index contributed by atoms with van der Waals surface area (Å²) < 4.78 is 16.9. The molecule has 0 atom stereocenters. The number of hydrogen-bond acceptors (Lipinski definition) is 3. The number of rotatable bonds is 7. The minimum absolute atomic E-state index is 0.355. The standard InChI is InChI=1S/C11H22O3Si2/c1-6-16(4,5)15(13)9-7-8-14-11(12)10(2)3/h2,6-9H2,1,3-5H3. The minimum Gasteiger partial charge on any atom is -0.462 e. The molecule has 0 radical (unpaired) electrons. The van der Waals surface area contributed by atoms with E-state index in [-0.39, 0.29) is 5.97 Å².